The smallest absolute Gasteiger partial charge is 0.230 e. The largest absolute Gasteiger partial charge is 0.483 e. The van der Waals surface area contributed by atoms with E-state index in [0.717, 1.165) is 5.56 Å². The lowest BCUT2D eigenvalue weighted by molar-refractivity contribution is 0.104. The lowest BCUT2D eigenvalue weighted by atomic mass is 10.1. The van der Waals surface area contributed by atoms with Gasteiger partial charge in [-0.25, -0.2) is 4.98 Å². The number of hydrogen-bond donors (Lipinski definition) is 1. The van der Waals surface area contributed by atoms with Gasteiger partial charge >= 0.3 is 0 Å². The molecule has 3 rings (SSSR count). The third-order valence-corrected chi connectivity index (χ3v) is 5.38. The molecule has 0 spiro atoms. The molecule has 0 saturated heterocycles. The second kappa shape index (κ2) is 10.4. The highest BCUT2D eigenvalue weighted by Gasteiger charge is 2.22. The van der Waals surface area contributed by atoms with Crippen LogP contribution in [0.1, 0.15) is 29.8 Å². The van der Waals surface area contributed by atoms with Gasteiger partial charge in [0, 0.05) is 29.9 Å². The van der Waals surface area contributed by atoms with Crippen molar-refractivity contribution in [1.29, 1.82) is 0 Å². The third-order valence-electron chi connectivity index (χ3n) is 4.40. The number of nitrogens with zero attached hydrogens (tertiary/aromatic N) is 1. The van der Waals surface area contributed by atoms with Gasteiger partial charge in [-0.3, -0.25) is 4.79 Å². The number of allylic oxidation sites excluding steroid dienone is 1. The lowest BCUT2D eigenvalue weighted by Gasteiger charge is -2.26. The Balaban J connectivity index is 1.91. The molecule has 32 heavy (non-hydrogen) atoms. The molecule has 2 N–H and O–H groups in total. The van der Waals surface area contributed by atoms with E-state index in [-0.39, 0.29) is 34.5 Å². The highest BCUT2D eigenvalue weighted by molar-refractivity contribution is 6.42. The van der Waals surface area contributed by atoms with Crippen molar-refractivity contribution < 1.29 is 14.3 Å². The highest BCUT2D eigenvalue weighted by Crippen LogP contribution is 2.40. The van der Waals surface area contributed by atoms with E-state index in [2.05, 4.69) is 4.98 Å². The number of aromatic nitrogens is 1. The molecule has 1 heterocycles. The van der Waals surface area contributed by atoms with E-state index in [1.165, 1.54) is 18.3 Å². The molecule has 0 radical (unpaired) electrons. The fourth-order valence-electron chi connectivity index (χ4n) is 2.61. The molecule has 166 valence electrons. The fourth-order valence-corrected chi connectivity index (χ4v) is 3.04. The number of ketones is 1. The highest BCUT2D eigenvalue weighted by atomic mass is 35.5. The first-order valence-electron chi connectivity index (χ1n) is 9.67. The molecule has 0 saturated carbocycles. The molecule has 0 amide bonds. The lowest BCUT2D eigenvalue weighted by Crippen LogP contribution is -2.37. The summed E-state index contributed by atoms with van der Waals surface area (Å²) in [6.45, 7) is 3.92. The van der Waals surface area contributed by atoms with Gasteiger partial charge in [0.1, 0.15) is 5.60 Å². The minimum Gasteiger partial charge on any atom is -0.483 e. The van der Waals surface area contributed by atoms with Crippen molar-refractivity contribution >= 4 is 46.7 Å². The van der Waals surface area contributed by atoms with Gasteiger partial charge in [0.15, 0.2) is 17.3 Å². The summed E-state index contributed by atoms with van der Waals surface area (Å²) in [5, 5.41) is 1.19. The molecule has 3 aromatic rings. The van der Waals surface area contributed by atoms with Crippen LogP contribution in [0.25, 0.3) is 6.08 Å². The molecule has 0 aliphatic heterocycles. The van der Waals surface area contributed by atoms with Crippen molar-refractivity contribution in [2.45, 2.75) is 19.4 Å². The molecule has 0 atom stereocenters. The van der Waals surface area contributed by atoms with Crippen LogP contribution in [-0.4, -0.2) is 22.9 Å². The molecular formula is C24H21Cl3N2O3. The Hall–Kier alpha value is -2.57. The summed E-state index contributed by atoms with van der Waals surface area (Å²) in [7, 11) is 0. The van der Waals surface area contributed by atoms with Gasteiger partial charge in [-0.1, -0.05) is 53.0 Å². The van der Waals surface area contributed by atoms with Crippen LogP contribution in [0.2, 0.25) is 15.1 Å². The normalized spacial score (nSPS) is 11.6. The summed E-state index contributed by atoms with van der Waals surface area (Å²) >= 11 is 18.3. The van der Waals surface area contributed by atoms with Crippen molar-refractivity contribution in [3.63, 3.8) is 0 Å². The maximum atomic E-state index is 12.8. The number of nitrogens with two attached hydrogens (primary N) is 1. The van der Waals surface area contributed by atoms with Crippen LogP contribution in [0.4, 0.5) is 0 Å². The number of ether oxygens (including phenoxy) is 2. The first kappa shape index (κ1) is 24.1. The Kier molecular flexibility index (Phi) is 7.80. The van der Waals surface area contributed by atoms with E-state index in [9.17, 15) is 4.79 Å². The van der Waals surface area contributed by atoms with Crippen LogP contribution < -0.4 is 15.2 Å². The Morgan fingerprint density at radius 2 is 1.72 bits per heavy atom. The van der Waals surface area contributed by atoms with E-state index in [4.69, 9.17) is 50.0 Å². The quantitative estimate of drug-likeness (QED) is 0.275. The Morgan fingerprint density at radius 3 is 2.38 bits per heavy atom. The fraction of sp³-hybridized carbons (Fsp3) is 0.167. The number of pyridine rings is 1. The zero-order chi connectivity index (χ0) is 23.3. The SMILES string of the molecule is CC(C)(CN)Oc1cc(Cl)c(Cl)cc1Oc1ncccc1C(=O)C=Cc1ccc(Cl)cc1. The zero-order valence-corrected chi connectivity index (χ0v) is 19.7. The minimum absolute atomic E-state index is 0.104. The Bertz CT molecular complexity index is 1150. The molecule has 5 nitrogen and oxygen atoms in total. The van der Waals surface area contributed by atoms with Crippen LogP contribution in [0.15, 0.2) is 60.8 Å². The second-order valence-electron chi connectivity index (χ2n) is 7.49. The molecule has 8 heteroatoms. The number of carbonyl (C=O) groups is 1. The maximum absolute atomic E-state index is 12.8. The monoisotopic (exact) mass is 490 g/mol. The molecule has 0 unspecified atom stereocenters. The average molecular weight is 492 g/mol. The standard InChI is InChI=1S/C24H21Cl3N2O3/c1-24(2,14-28)32-22-13-19(27)18(26)12-21(22)31-23-17(4-3-11-29-23)20(30)10-7-15-5-8-16(25)9-6-15/h3-13H,14,28H2,1-2H3. The summed E-state index contributed by atoms with van der Waals surface area (Å²) in [5.74, 6) is 0.408. The summed E-state index contributed by atoms with van der Waals surface area (Å²) < 4.78 is 11.9. The molecule has 1 aromatic heterocycles. The van der Waals surface area contributed by atoms with Crippen molar-refractivity contribution in [1.82, 2.24) is 4.98 Å². The number of benzene rings is 2. The summed E-state index contributed by atoms with van der Waals surface area (Å²) in [6, 6.07) is 13.5. The van der Waals surface area contributed by atoms with Crippen LogP contribution in [0.3, 0.4) is 0 Å². The predicted molar refractivity (Wildman–Crippen MR) is 129 cm³/mol. The summed E-state index contributed by atoms with van der Waals surface area (Å²) in [4.78, 5) is 17.1. The van der Waals surface area contributed by atoms with E-state index in [0.29, 0.717) is 15.8 Å². The molecular weight excluding hydrogens is 471 g/mol. The first-order valence-corrected chi connectivity index (χ1v) is 10.8. The molecule has 0 aliphatic carbocycles. The number of hydrogen-bond acceptors (Lipinski definition) is 5. The second-order valence-corrected chi connectivity index (χ2v) is 8.74. The summed E-state index contributed by atoms with van der Waals surface area (Å²) in [6.07, 6.45) is 4.65. The van der Waals surface area contributed by atoms with E-state index in [1.54, 1.807) is 36.4 Å². The van der Waals surface area contributed by atoms with Gasteiger partial charge in [-0.05, 0) is 49.8 Å². The van der Waals surface area contributed by atoms with Gasteiger partial charge in [0.05, 0.1) is 15.6 Å². The third kappa shape index (κ3) is 6.24. The van der Waals surface area contributed by atoms with E-state index >= 15 is 0 Å². The van der Waals surface area contributed by atoms with Gasteiger partial charge in [0.2, 0.25) is 5.88 Å². The van der Waals surface area contributed by atoms with E-state index < -0.39 is 5.60 Å². The van der Waals surface area contributed by atoms with E-state index in [1.807, 2.05) is 26.0 Å². The van der Waals surface area contributed by atoms with Gasteiger partial charge < -0.3 is 15.2 Å². The predicted octanol–water partition coefficient (Wildman–Crippen LogP) is 6.85. The number of carbonyl (C=O) groups excluding carboxylic acids is 1. The van der Waals surface area contributed by atoms with Crippen molar-refractivity contribution in [3.05, 3.63) is 87.0 Å². The molecule has 0 bridgehead atoms. The molecule has 0 fully saturated rings. The van der Waals surface area contributed by atoms with Crippen molar-refractivity contribution in [3.8, 4) is 17.4 Å². The van der Waals surface area contributed by atoms with Crippen molar-refractivity contribution in [2.75, 3.05) is 6.54 Å². The Labute approximate surface area is 201 Å². The number of rotatable bonds is 8. The van der Waals surface area contributed by atoms with Gasteiger partial charge in [-0.15, -0.1) is 0 Å². The van der Waals surface area contributed by atoms with Gasteiger partial charge in [-0.2, -0.15) is 0 Å². The molecule has 2 aromatic carbocycles. The number of halogens is 3. The summed E-state index contributed by atoms with van der Waals surface area (Å²) in [5.41, 5.74) is 6.20. The van der Waals surface area contributed by atoms with Crippen LogP contribution >= 0.6 is 34.8 Å². The Morgan fingerprint density at radius 1 is 1.06 bits per heavy atom. The van der Waals surface area contributed by atoms with Crippen LogP contribution in [0, 0.1) is 0 Å². The topological polar surface area (TPSA) is 74.4 Å². The average Bonchev–Trinajstić information content (AvgIpc) is 2.77. The van der Waals surface area contributed by atoms with Gasteiger partial charge in [0.25, 0.3) is 0 Å². The zero-order valence-electron chi connectivity index (χ0n) is 17.4. The minimum atomic E-state index is -0.681. The van der Waals surface area contributed by atoms with Crippen LogP contribution in [-0.2, 0) is 0 Å². The van der Waals surface area contributed by atoms with Crippen LogP contribution in [0.5, 0.6) is 17.4 Å². The van der Waals surface area contributed by atoms with Crippen molar-refractivity contribution in [2.24, 2.45) is 5.73 Å². The maximum Gasteiger partial charge on any atom is 0.230 e. The molecule has 0 aliphatic rings. The first-order chi connectivity index (χ1) is 15.2.